The lowest BCUT2D eigenvalue weighted by molar-refractivity contribution is -0.138. The van der Waals surface area contributed by atoms with Crippen molar-refractivity contribution < 1.29 is 52.9 Å². The average Bonchev–Trinajstić information content (AvgIpc) is 3.29. The van der Waals surface area contributed by atoms with E-state index >= 15 is 0 Å². The van der Waals surface area contributed by atoms with Gasteiger partial charge in [-0.2, -0.15) is 0 Å². The summed E-state index contributed by atoms with van der Waals surface area (Å²) in [7, 11) is 4.44. The van der Waals surface area contributed by atoms with Gasteiger partial charge in [0, 0.05) is 5.02 Å². The zero-order chi connectivity index (χ0) is 52.6. The number of para-hydroxylation sites is 1. The molecule has 0 aromatic heterocycles. The van der Waals surface area contributed by atoms with Crippen LogP contribution >= 0.6 is 128 Å². The summed E-state index contributed by atoms with van der Waals surface area (Å²) in [5.41, 5.74) is -0.319. The lowest BCUT2D eigenvalue weighted by Gasteiger charge is -2.28. The Bertz CT molecular complexity index is 2650. The van der Waals surface area contributed by atoms with Gasteiger partial charge in [-0.3, -0.25) is 33.6 Å². The number of allylic oxidation sites excluding steroid dienone is 2. The smallest absolute Gasteiger partial charge is 0.259 e. The molecule has 1 aliphatic rings. The van der Waals surface area contributed by atoms with Gasteiger partial charge in [-0.05, 0) is 149 Å². The summed E-state index contributed by atoms with van der Waals surface area (Å²) in [6, 6.07) is 27.8. The molecule has 0 amide bonds. The van der Waals surface area contributed by atoms with Gasteiger partial charge in [0.25, 0.3) is 26.2 Å². The summed E-state index contributed by atoms with van der Waals surface area (Å²) in [5.74, 6) is -0.130. The number of carbonyl (C=O) groups excluding carboxylic acids is 7. The Morgan fingerprint density at radius 3 is 1.26 bits per heavy atom. The van der Waals surface area contributed by atoms with Gasteiger partial charge in [-0.15, -0.1) is 0 Å². The van der Waals surface area contributed by atoms with Crippen molar-refractivity contribution in [2.75, 3.05) is 21.3 Å². The van der Waals surface area contributed by atoms with E-state index < -0.39 is 48.8 Å². The number of aliphatic hydroxyl groups is 1. The quantitative estimate of drug-likeness (QED) is 0.132. The van der Waals surface area contributed by atoms with E-state index in [2.05, 4.69) is 0 Å². The third-order valence-electron chi connectivity index (χ3n) is 8.38. The molecule has 1 N–H and O–H groups in total. The van der Waals surface area contributed by atoms with Gasteiger partial charge in [0.05, 0.1) is 69.6 Å². The zero-order valence-electron chi connectivity index (χ0n) is 35.9. The van der Waals surface area contributed by atoms with Crippen LogP contribution in [0.2, 0.25) is 25.1 Å². The zero-order valence-corrected chi connectivity index (χ0v) is 44.2. The highest BCUT2D eigenvalue weighted by Gasteiger charge is 2.42. The number of hydrogen-bond donors (Lipinski definition) is 1. The van der Waals surface area contributed by atoms with Gasteiger partial charge in [-0.1, -0.05) is 113 Å². The molecule has 0 bridgehead atoms. The first-order valence-corrected chi connectivity index (χ1v) is 22.8. The average molecular weight is 1170 g/mol. The highest BCUT2D eigenvalue weighted by molar-refractivity contribution is 6.70. The molecule has 0 heterocycles. The second-order valence-corrected chi connectivity index (χ2v) is 16.9. The predicted molar refractivity (Wildman–Crippen MR) is 276 cm³/mol. The molecule has 2 atom stereocenters. The van der Waals surface area contributed by atoms with E-state index in [0.29, 0.717) is 38.4 Å². The second-order valence-electron chi connectivity index (χ2n) is 12.7. The molecular formula is C47H35Cl11O11. The molecule has 6 rings (SSSR count). The molecule has 0 saturated carbocycles. The molecule has 0 radical (unpaired) electrons. The van der Waals surface area contributed by atoms with Crippen molar-refractivity contribution >= 4 is 165 Å². The fourth-order valence-corrected chi connectivity index (χ4v) is 7.61. The van der Waals surface area contributed by atoms with Crippen LogP contribution in [-0.4, -0.2) is 69.3 Å². The molecule has 69 heavy (non-hydrogen) atoms. The number of methoxy groups -OCH3 is 3. The highest BCUT2D eigenvalue weighted by Crippen LogP contribution is 2.30. The molecule has 11 nitrogen and oxygen atoms in total. The molecule has 22 heteroatoms. The van der Waals surface area contributed by atoms with Crippen molar-refractivity contribution in [2.24, 2.45) is 5.92 Å². The Balaban J connectivity index is 0.000000415. The molecule has 0 fully saturated rings. The predicted octanol–water partition coefficient (Wildman–Crippen LogP) is 14.4. The van der Waals surface area contributed by atoms with Crippen LogP contribution in [0.3, 0.4) is 0 Å². The molecule has 5 aromatic carbocycles. The van der Waals surface area contributed by atoms with Crippen LogP contribution in [0.15, 0.2) is 127 Å². The summed E-state index contributed by atoms with van der Waals surface area (Å²) in [6.07, 6.45) is 5.77. The van der Waals surface area contributed by atoms with Gasteiger partial charge < -0.3 is 19.3 Å². The van der Waals surface area contributed by atoms with Crippen LogP contribution in [0, 0.1) is 5.92 Å². The number of benzene rings is 5. The van der Waals surface area contributed by atoms with Gasteiger partial charge in [0.1, 0.15) is 22.8 Å². The first-order chi connectivity index (χ1) is 32.4. The number of hydrogen-bond acceptors (Lipinski definition) is 11. The van der Waals surface area contributed by atoms with Crippen LogP contribution in [0.4, 0.5) is 0 Å². The number of ether oxygens (including phenoxy) is 3. The summed E-state index contributed by atoms with van der Waals surface area (Å²) >= 11 is 59.6. The molecule has 0 aliphatic heterocycles. The van der Waals surface area contributed by atoms with E-state index in [1.807, 2.05) is 0 Å². The van der Waals surface area contributed by atoms with E-state index in [4.69, 9.17) is 142 Å². The molecule has 1 aliphatic carbocycles. The van der Waals surface area contributed by atoms with Crippen molar-refractivity contribution in [2.45, 2.75) is 12.5 Å². The third kappa shape index (κ3) is 20.6. The summed E-state index contributed by atoms with van der Waals surface area (Å²) < 4.78 is 14.8. The van der Waals surface area contributed by atoms with Gasteiger partial charge in [0.2, 0.25) is 5.24 Å². The highest BCUT2D eigenvalue weighted by atomic mass is 35.5. The van der Waals surface area contributed by atoms with E-state index in [1.165, 1.54) is 58.6 Å². The van der Waals surface area contributed by atoms with E-state index in [0.717, 1.165) is 0 Å². The molecule has 2 unspecified atom stereocenters. The minimum absolute atomic E-state index is 0.164. The minimum atomic E-state index is -1.77. The minimum Gasteiger partial charge on any atom is -0.496 e. The number of Topliss-reactive ketones (excluding diaryl/α,β-unsaturated/α-hetero) is 1. The normalized spacial score (nSPS) is 13.7. The standard InChI is InChI=1S/2C9H9ClO3.C8H7ClO2.2C7H3Cl3O.C7H4Cl2O/c1-12-6-4-3-5-7(13-2)8(6)9(10)11;1-6(11)9(13)5-3-2-4-7(9)8(10)12;1-11-7-5-3-2-4-6(7)8(9)10;8-4-1-2-5(7(10)11)6(9)3-4;8-4-2-1-3-5(9)6(4)7(10)11;8-6-4-2-1-3-5(6)7(9)10/h3-5H,1-2H3;2-5,7,13H,1H3;2-5H,1H3;2*1-3H;1-4H. The van der Waals surface area contributed by atoms with E-state index in [1.54, 1.807) is 97.1 Å². The molecule has 0 spiro atoms. The van der Waals surface area contributed by atoms with Crippen LogP contribution in [0.25, 0.3) is 0 Å². The van der Waals surface area contributed by atoms with Crippen LogP contribution < -0.4 is 14.2 Å². The Morgan fingerprint density at radius 1 is 0.478 bits per heavy atom. The summed E-state index contributed by atoms with van der Waals surface area (Å²) in [6.45, 7) is 1.22. The molecular weight excluding hydrogens is 1130 g/mol. The van der Waals surface area contributed by atoms with Gasteiger partial charge in [-0.25, -0.2) is 0 Å². The van der Waals surface area contributed by atoms with Gasteiger partial charge in [0.15, 0.2) is 11.4 Å². The Hall–Kier alpha value is -4.18. The van der Waals surface area contributed by atoms with Crippen molar-refractivity contribution in [3.05, 3.63) is 180 Å². The topological polar surface area (TPSA) is 167 Å². The SMILES string of the molecule is CC(=O)C1(O)C=CC=CC1C(=O)Cl.COc1cccc(OC)c1C(=O)Cl.COc1ccccc1C(=O)Cl.O=C(Cl)c1c(Cl)cccc1Cl.O=C(Cl)c1ccc(Cl)cc1Cl.O=C(Cl)c1ccccc1Cl. The molecule has 0 saturated heterocycles. The van der Waals surface area contributed by atoms with Crippen molar-refractivity contribution in [1.29, 1.82) is 0 Å². The largest absolute Gasteiger partial charge is 0.496 e. The fourth-order valence-electron chi connectivity index (χ4n) is 5.02. The third-order valence-corrected chi connectivity index (χ3v) is 11.1. The number of rotatable bonds is 10. The van der Waals surface area contributed by atoms with Crippen LogP contribution in [0.5, 0.6) is 17.2 Å². The van der Waals surface area contributed by atoms with Crippen molar-refractivity contribution in [3.63, 3.8) is 0 Å². The van der Waals surface area contributed by atoms with Crippen LogP contribution in [-0.2, 0) is 9.59 Å². The van der Waals surface area contributed by atoms with Crippen molar-refractivity contribution in [1.82, 2.24) is 0 Å². The number of ketones is 1. The van der Waals surface area contributed by atoms with Crippen molar-refractivity contribution in [3.8, 4) is 17.2 Å². The molecule has 5 aromatic rings. The lowest BCUT2D eigenvalue weighted by atomic mass is 9.82. The van der Waals surface area contributed by atoms with E-state index in [9.17, 15) is 38.7 Å². The summed E-state index contributed by atoms with van der Waals surface area (Å²) in [5, 5.41) is 7.92. The first-order valence-electron chi connectivity index (χ1n) is 18.6. The number of carbonyl (C=O) groups is 7. The monoisotopic (exact) mass is 1160 g/mol. The van der Waals surface area contributed by atoms with Crippen LogP contribution in [0.1, 0.15) is 58.7 Å². The first kappa shape index (κ1) is 62.8. The number of halogens is 11. The second kappa shape index (κ2) is 31.9. The maximum atomic E-state index is 11.1. The maximum absolute atomic E-state index is 11.1. The Kier molecular flexibility index (Phi) is 29.1. The fraction of sp³-hybridized carbons (Fsp3) is 0.128. The maximum Gasteiger partial charge on any atom is 0.259 e. The summed E-state index contributed by atoms with van der Waals surface area (Å²) in [4.78, 5) is 75.5. The molecule has 366 valence electrons. The van der Waals surface area contributed by atoms with Gasteiger partial charge >= 0.3 is 0 Å². The lowest BCUT2D eigenvalue weighted by Crippen LogP contribution is -2.45. The van der Waals surface area contributed by atoms with E-state index in [-0.39, 0.29) is 31.8 Å². The Morgan fingerprint density at radius 2 is 0.899 bits per heavy atom. The Labute approximate surface area is 451 Å².